The summed E-state index contributed by atoms with van der Waals surface area (Å²) in [4.78, 5) is 18.9. The number of halogens is 2. The van der Waals surface area contributed by atoms with Crippen LogP contribution in [0, 0.1) is 0 Å². The fourth-order valence-corrected chi connectivity index (χ4v) is 7.14. The minimum absolute atomic E-state index is 0.401. The van der Waals surface area contributed by atoms with Gasteiger partial charge in [-0.25, -0.2) is 15.0 Å². The second kappa shape index (κ2) is 11.0. The molecule has 3 N–H and O–H groups in total. The van der Waals surface area contributed by atoms with E-state index in [1.54, 1.807) is 12.4 Å². The highest BCUT2D eigenvalue weighted by Gasteiger charge is 2.30. The summed E-state index contributed by atoms with van der Waals surface area (Å²) < 4.78 is 4.27. The maximum absolute atomic E-state index is 6.46. The summed E-state index contributed by atoms with van der Waals surface area (Å²) in [6.45, 7) is 4.68. The van der Waals surface area contributed by atoms with Crippen LogP contribution >= 0.6 is 23.2 Å². The zero-order valence-corrected chi connectivity index (χ0v) is 25.4. The first-order valence-electron chi connectivity index (χ1n) is 14.6. The maximum Gasteiger partial charge on any atom is 0.208 e. The lowest BCUT2D eigenvalue weighted by molar-refractivity contribution is 0.0828. The Morgan fingerprint density at radius 3 is 2.33 bits per heavy atom. The molecule has 0 radical (unpaired) electrons. The second-order valence-electron chi connectivity index (χ2n) is 11.6. The molecular formula is C31H35Cl2N9. The number of imidazole rings is 1. The monoisotopic (exact) mass is 603 g/mol. The Hall–Kier alpha value is -3.37. The Bertz CT molecular complexity index is 1740. The van der Waals surface area contributed by atoms with Crippen molar-refractivity contribution in [3.05, 3.63) is 59.0 Å². The van der Waals surface area contributed by atoms with Crippen LogP contribution in [0.5, 0.6) is 0 Å². The third kappa shape index (κ3) is 4.88. The van der Waals surface area contributed by atoms with Gasteiger partial charge in [0.1, 0.15) is 17.8 Å². The van der Waals surface area contributed by atoms with Gasteiger partial charge in [-0.1, -0.05) is 35.3 Å². The van der Waals surface area contributed by atoms with Gasteiger partial charge in [0.2, 0.25) is 5.95 Å². The quantitative estimate of drug-likeness (QED) is 0.242. The number of likely N-dealkylation sites (N-methyl/N-ethyl adjacent to an activating group) is 1. The zero-order chi connectivity index (χ0) is 29.0. The normalized spacial score (nSPS) is 20.5. The number of anilines is 3. The molecule has 0 atom stereocenters. The molecule has 5 aromatic rings. The molecule has 2 aromatic carbocycles. The fraction of sp³-hybridized carbons (Fsp3) is 0.387. The standard InChI is InChI=1S/C31H35Cl2N9/c1-39-13-15-41(16-14-39)21-7-9-22(10-8-21)42-17-23(26-29(34)35-18-36-30(26)42)19-3-5-20(6-4-19)37-31-38-25-12-11-24(32)27(33)28(25)40(31)2/h3-6,11-12,17-18,21-22H,7-10,13-16H2,1-2H3,(H,37,38)(H2,34,35,36)/t21-,22-. The molecule has 1 saturated heterocycles. The van der Waals surface area contributed by atoms with E-state index in [2.05, 4.69) is 50.0 Å². The number of nitrogens with zero attached hydrogens (tertiary/aromatic N) is 7. The van der Waals surface area contributed by atoms with Crippen molar-refractivity contribution in [1.29, 1.82) is 0 Å². The third-order valence-corrected chi connectivity index (χ3v) is 9.93. The average molecular weight is 605 g/mol. The highest BCUT2D eigenvalue weighted by atomic mass is 35.5. The van der Waals surface area contributed by atoms with Crippen LogP contribution in [-0.2, 0) is 7.05 Å². The lowest BCUT2D eigenvalue weighted by atomic mass is 9.89. The van der Waals surface area contributed by atoms with Crippen LogP contribution in [0.2, 0.25) is 10.0 Å². The number of benzene rings is 2. The topological polar surface area (TPSA) is 93.1 Å². The molecule has 7 rings (SSSR count). The summed E-state index contributed by atoms with van der Waals surface area (Å²) >= 11 is 12.7. The van der Waals surface area contributed by atoms with Crippen LogP contribution in [0.4, 0.5) is 17.5 Å². The second-order valence-corrected chi connectivity index (χ2v) is 12.4. The van der Waals surface area contributed by atoms with Crippen molar-refractivity contribution in [2.75, 3.05) is 44.3 Å². The van der Waals surface area contributed by atoms with Crippen molar-refractivity contribution in [3.63, 3.8) is 0 Å². The van der Waals surface area contributed by atoms with E-state index < -0.39 is 0 Å². The summed E-state index contributed by atoms with van der Waals surface area (Å²) in [6.07, 6.45) is 8.52. The van der Waals surface area contributed by atoms with Crippen molar-refractivity contribution in [2.45, 2.75) is 37.8 Å². The number of nitrogens with one attached hydrogen (secondary N) is 1. The largest absolute Gasteiger partial charge is 0.383 e. The van der Waals surface area contributed by atoms with E-state index in [1.807, 2.05) is 29.8 Å². The Labute approximate surface area is 255 Å². The highest BCUT2D eigenvalue weighted by Crippen LogP contribution is 2.39. The van der Waals surface area contributed by atoms with Gasteiger partial charge in [-0.05, 0) is 62.6 Å². The average Bonchev–Trinajstić information content (AvgIpc) is 3.55. The van der Waals surface area contributed by atoms with Crippen LogP contribution in [-0.4, -0.2) is 73.2 Å². The van der Waals surface area contributed by atoms with E-state index >= 15 is 0 Å². The molecular weight excluding hydrogens is 569 g/mol. The van der Waals surface area contributed by atoms with Gasteiger partial charge in [0.05, 0.1) is 26.5 Å². The smallest absolute Gasteiger partial charge is 0.208 e. The third-order valence-electron chi connectivity index (χ3n) is 9.13. The molecule has 9 nitrogen and oxygen atoms in total. The Morgan fingerprint density at radius 1 is 0.881 bits per heavy atom. The minimum atomic E-state index is 0.401. The number of aromatic nitrogens is 5. The zero-order valence-electron chi connectivity index (χ0n) is 23.9. The summed E-state index contributed by atoms with van der Waals surface area (Å²) in [7, 11) is 4.14. The first kappa shape index (κ1) is 27.5. The highest BCUT2D eigenvalue weighted by molar-refractivity contribution is 6.45. The number of hydrogen-bond acceptors (Lipinski definition) is 7. The number of hydrogen-bond donors (Lipinski definition) is 2. The Balaban J connectivity index is 1.13. The van der Waals surface area contributed by atoms with Crippen molar-refractivity contribution in [2.24, 2.45) is 7.05 Å². The molecule has 1 aliphatic carbocycles. The minimum Gasteiger partial charge on any atom is -0.383 e. The van der Waals surface area contributed by atoms with Gasteiger partial charge in [-0.3, -0.25) is 4.90 Å². The molecule has 218 valence electrons. The molecule has 4 heterocycles. The van der Waals surface area contributed by atoms with Crippen molar-refractivity contribution in [1.82, 2.24) is 33.9 Å². The Morgan fingerprint density at radius 2 is 1.60 bits per heavy atom. The first-order chi connectivity index (χ1) is 20.4. The van der Waals surface area contributed by atoms with Gasteiger partial charge in [0.15, 0.2) is 0 Å². The van der Waals surface area contributed by atoms with E-state index in [9.17, 15) is 0 Å². The maximum atomic E-state index is 6.46. The predicted molar refractivity (Wildman–Crippen MR) is 172 cm³/mol. The van der Waals surface area contributed by atoms with Crippen LogP contribution in [0.15, 0.2) is 48.9 Å². The molecule has 2 aliphatic rings. The van der Waals surface area contributed by atoms with E-state index in [1.165, 1.54) is 25.9 Å². The molecule has 0 bridgehead atoms. The van der Waals surface area contributed by atoms with Crippen LogP contribution in [0.1, 0.15) is 31.7 Å². The molecule has 0 unspecified atom stereocenters. The first-order valence-corrected chi connectivity index (χ1v) is 15.3. The Kier molecular flexibility index (Phi) is 7.22. The van der Waals surface area contributed by atoms with Gasteiger partial charge in [0.25, 0.3) is 0 Å². The van der Waals surface area contributed by atoms with Gasteiger partial charge >= 0.3 is 0 Å². The molecule has 0 amide bonds. The number of nitrogen functional groups attached to an aromatic ring is 1. The van der Waals surface area contributed by atoms with Gasteiger partial charge in [0, 0.05) is 62.8 Å². The number of rotatable bonds is 5. The summed E-state index contributed by atoms with van der Waals surface area (Å²) in [6, 6.07) is 13.0. The molecule has 3 aromatic heterocycles. The summed E-state index contributed by atoms with van der Waals surface area (Å²) in [5.41, 5.74) is 12.0. The van der Waals surface area contributed by atoms with Crippen LogP contribution in [0.25, 0.3) is 33.2 Å². The molecule has 1 aliphatic heterocycles. The molecule has 42 heavy (non-hydrogen) atoms. The van der Waals surface area contributed by atoms with Gasteiger partial charge < -0.3 is 25.1 Å². The number of piperazine rings is 1. The van der Waals surface area contributed by atoms with Gasteiger partial charge in [-0.15, -0.1) is 0 Å². The van der Waals surface area contributed by atoms with Crippen LogP contribution in [0.3, 0.4) is 0 Å². The molecule has 0 spiro atoms. The fourth-order valence-electron chi connectivity index (χ4n) is 6.70. The van der Waals surface area contributed by atoms with E-state index in [0.717, 1.165) is 64.8 Å². The predicted octanol–water partition coefficient (Wildman–Crippen LogP) is 6.35. The molecule has 1 saturated carbocycles. The molecule has 2 fully saturated rings. The van der Waals surface area contributed by atoms with Crippen LogP contribution < -0.4 is 11.1 Å². The number of fused-ring (bicyclic) bond motifs is 2. The van der Waals surface area contributed by atoms with E-state index in [4.69, 9.17) is 38.9 Å². The van der Waals surface area contributed by atoms with Crippen molar-refractivity contribution < 1.29 is 0 Å². The lowest BCUT2D eigenvalue weighted by Crippen LogP contribution is -2.49. The number of aryl methyl sites for hydroxylation is 1. The lowest BCUT2D eigenvalue weighted by Gasteiger charge is -2.41. The van der Waals surface area contributed by atoms with E-state index in [0.29, 0.717) is 33.9 Å². The molecule has 11 heteroatoms. The van der Waals surface area contributed by atoms with E-state index in [-0.39, 0.29) is 0 Å². The van der Waals surface area contributed by atoms with Gasteiger partial charge in [-0.2, -0.15) is 0 Å². The SMILES string of the molecule is CN1CCN([C@H]2CC[C@H](n3cc(-c4ccc(Nc5nc6ccc(Cl)c(Cl)c6n5C)cc4)c4c(N)ncnc43)CC2)CC1. The summed E-state index contributed by atoms with van der Waals surface area (Å²) in [5.74, 6) is 1.20. The summed E-state index contributed by atoms with van der Waals surface area (Å²) in [5, 5.41) is 5.34. The van der Waals surface area contributed by atoms with Crippen molar-refractivity contribution in [3.8, 4) is 11.1 Å². The van der Waals surface area contributed by atoms with Crippen molar-refractivity contribution >= 4 is 62.7 Å². The number of nitrogens with two attached hydrogens (primary N) is 1.